The van der Waals surface area contributed by atoms with Crippen molar-refractivity contribution >= 4 is 0 Å². The van der Waals surface area contributed by atoms with Crippen LogP contribution in [0.15, 0.2) is 30.3 Å². The predicted molar refractivity (Wildman–Crippen MR) is 63.9 cm³/mol. The molecule has 0 aliphatic carbocycles. The average Bonchev–Trinajstić information content (AvgIpc) is 2.17. The zero-order valence-corrected chi connectivity index (χ0v) is 9.92. The van der Waals surface area contributed by atoms with Crippen molar-refractivity contribution in [3.05, 3.63) is 35.9 Å². The summed E-state index contributed by atoms with van der Waals surface area (Å²) in [5.41, 5.74) is 1.41. The fraction of sp³-hybridized carbons (Fsp3) is 0.538. The van der Waals surface area contributed by atoms with Crippen LogP contribution in [0.5, 0.6) is 0 Å². The molecule has 0 saturated carbocycles. The zero-order chi connectivity index (χ0) is 11.1. The summed E-state index contributed by atoms with van der Waals surface area (Å²) in [6.07, 6.45) is 0. The van der Waals surface area contributed by atoms with Crippen molar-refractivity contribution in [2.75, 3.05) is 13.2 Å². The van der Waals surface area contributed by atoms with Gasteiger partial charge in [-0.25, -0.2) is 0 Å². The molecule has 15 heavy (non-hydrogen) atoms. The first-order valence-corrected chi connectivity index (χ1v) is 5.45. The SMILES string of the molecule is CC(C)(C)NCCOCc1ccccc1. The van der Waals surface area contributed by atoms with E-state index in [9.17, 15) is 0 Å². The fourth-order valence-corrected chi connectivity index (χ4v) is 1.26. The molecule has 0 unspecified atom stereocenters. The quantitative estimate of drug-likeness (QED) is 0.749. The van der Waals surface area contributed by atoms with E-state index in [1.54, 1.807) is 0 Å². The normalized spacial score (nSPS) is 11.7. The third kappa shape index (κ3) is 6.26. The molecule has 1 aromatic rings. The zero-order valence-electron chi connectivity index (χ0n) is 9.92. The predicted octanol–water partition coefficient (Wildman–Crippen LogP) is 2.59. The molecule has 84 valence electrons. The second kappa shape index (κ2) is 5.89. The van der Waals surface area contributed by atoms with Crippen LogP contribution in [0.2, 0.25) is 0 Å². The summed E-state index contributed by atoms with van der Waals surface area (Å²) in [6.45, 7) is 8.83. The van der Waals surface area contributed by atoms with E-state index in [4.69, 9.17) is 4.74 Å². The second-order valence-electron chi connectivity index (χ2n) is 4.71. The highest BCUT2D eigenvalue weighted by molar-refractivity contribution is 5.13. The van der Waals surface area contributed by atoms with Crippen LogP contribution in [-0.2, 0) is 11.3 Å². The summed E-state index contributed by atoms with van der Waals surface area (Å²) < 4.78 is 5.55. The molecule has 0 aliphatic heterocycles. The molecular weight excluding hydrogens is 186 g/mol. The molecule has 0 fully saturated rings. The van der Waals surface area contributed by atoms with Gasteiger partial charge in [0.1, 0.15) is 0 Å². The van der Waals surface area contributed by atoms with Crippen molar-refractivity contribution in [1.29, 1.82) is 0 Å². The van der Waals surface area contributed by atoms with Crippen molar-refractivity contribution in [2.45, 2.75) is 32.9 Å². The highest BCUT2D eigenvalue weighted by Gasteiger charge is 2.06. The molecular formula is C13H21NO. The molecule has 0 spiro atoms. The Morgan fingerprint density at radius 2 is 1.80 bits per heavy atom. The van der Waals surface area contributed by atoms with Gasteiger partial charge in [-0.3, -0.25) is 0 Å². The summed E-state index contributed by atoms with van der Waals surface area (Å²) in [6, 6.07) is 10.2. The van der Waals surface area contributed by atoms with E-state index in [1.807, 2.05) is 18.2 Å². The van der Waals surface area contributed by atoms with Gasteiger partial charge in [-0.1, -0.05) is 30.3 Å². The van der Waals surface area contributed by atoms with Gasteiger partial charge < -0.3 is 10.1 Å². The van der Waals surface area contributed by atoms with Gasteiger partial charge in [-0.05, 0) is 26.3 Å². The monoisotopic (exact) mass is 207 g/mol. The van der Waals surface area contributed by atoms with Crippen LogP contribution in [0.4, 0.5) is 0 Å². The molecule has 0 amide bonds. The van der Waals surface area contributed by atoms with Gasteiger partial charge >= 0.3 is 0 Å². The number of ether oxygens (including phenoxy) is 1. The van der Waals surface area contributed by atoms with E-state index in [0.29, 0.717) is 6.61 Å². The van der Waals surface area contributed by atoms with Gasteiger partial charge in [0.05, 0.1) is 13.2 Å². The fourth-order valence-electron chi connectivity index (χ4n) is 1.26. The highest BCUT2D eigenvalue weighted by atomic mass is 16.5. The Hall–Kier alpha value is -0.860. The molecule has 1 aromatic carbocycles. The first-order valence-electron chi connectivity index (χ1n) is 5.45. The van der Waals surface area contributed by atoms with E-state index >= 15 is 0 Å². The molecule has 2 nitrogen and oxygen atoms in total. The van der Waals surface area contributed by atoms with E-state index in [0.717, 1.165) is 13.2 Å². The van der Waals surface area contributed by atoms with Crippen molar-refractivity contribution in [2.24, 2.45) is 0 Å². The van der Waals surface area contributed by atoms with Crippen LogP contribution in [0.1, 0.15) is 26.3 Å². The standard InChI is InChI=1S/C13H21NO/c1-13(2,3)14-9-10-15-11-12-7-5-4-6-8-12/h4-8,14H,9-11H2,1-3H3. The summed E-state index contributed by atoms with van der Waals surface area (Å²) in [5.74, 6) is 0. The first kappa shape index (κ1) is 12.2. The number of rotatable bonds is 5. The van der Waals surface area contributed by atoms with E-state index in [2.05, 4.69) is 38.2 Å². The van der Waals surface area contributed by atoms with Crippen LogP contribution in [-0.4, -0.2) is 18.7 Å². The minimum atomic E-state index is 0.177. The van der Waals surface area contributed by atoms with Gasteiger partial charge in [-0.15, -0.1) is 0 Å². The molecule has 0 atom stereocenters. The van der Waals surface area contributed by atoms with Crippen molar-refractivity contribution in [1.82, 2.24) is 5.32 Å². The summed E-state index contributed by atoms with van der Waals surface area (Å²) in [4.78, 5) is 0. The van der Waals surface area contributed by atoms with Crippen LogP contribution < -0.4 is 5.32 Å². The first-order chi connectivity index (χ1) is 7.08. The Kier molecular flexibility index (Phi) is 4.79. The molecule has 0 heterocycles. The van der Waals surface area contributed by atoms with Crippen molar-refractivity contribution < 1.29 is 4.74 Å². The maximum absolute atomic E-state index is 5.55. The van der Waals surface area contributed by atoms with Gasteiger partial charge in [0.2, 0.25) is 0 Å². The molecule has 0 saturated heterocycles. The minimum Gasteiger partial charge on any atom is -0.375 e. The lowest BCUT2D eigenvalue weighted by Crippen LogP contribution is -2.37. The molecule has 0 bridgehead atoms. The molecule has 2 heteroatoms. The molecule has 0 radical (unpaired) electrons. The Balaban J connectivity index is 2.08. The average molecular weight is 207 g/mol. The Bertz CT molecular complexity index is 264. The van der Waals surface area contributed by atoms with Gasteiger partial charge in [-0.2, -0.15) is 0 Å². The van der Waals surface area contributed by atoms with Crippen molar-refractivity contribution in [3.63, 3.8) is 0 Å². The molecule has 0 aromatic heterocycles. The number of hydrogen-bond acceptors (Lipinski definition) is 2. The Morgan fingerprint density at radius 1 is 1.13 bits per heavy atom. The lowest BCUT2D eigenvalue weighted by molar-refractivity contribution is 0.118. The largest absolute Gasteiger partial charge is 0.375 e. The Labute approximate surface area is 92.6 Å². The summed E-state index contributed by atoms with van der Waals surface area (Å²) in [7, 11) is 0. The van der Waals surface area contributed by atoms with E-state index in [1.165, 1.54) is 5.56 Å². The maximum atomic E-state index is 5.55. The van der Waals surface area contributed by atoms with E-state index in [-0.39, 0.29) is 5.54 Å². The van der Waals surface area contributed by atoms with Crippen LogP contribution in [0.25, 0.3) is 0 Å². The van der Waals surface area contributed by atoms with Crippen LogP contribution in [0.3, 0.4) is 0 Å². The lowest BCUT2D eigenvalue weighted by Gasteiger charge is -2.20. The number of nitrogens with one attached hydrogen (secondary N) is 1. The van der Waals surface area contributed by atoms with Gasteiger partial charge in [0.15, 0.2) is 0 Å². The van der Waals surface area contributed by atoms with Crippen LogP contribution in [0, 0.1) is 0 Å². The Morgan fingerprint density at radius 3 is 2.40 bits per heavy atom. The third-order valence-corrected chi connectivity index (χ3v) is 2.01. The van der Waals surface area contributed by atoms with Gasteiger partial charge in [0.25, 0.3) is 0 Å². The summed E-state index contributed by atoms with van der Waals surface area (Å²) in [5, 5.41) is 3.38. The van der Waals surface area contributed by atoms with Gasteiger partial charge in [0, 0.05) is 12.1 Å². The third-order valence-electron chi connectivity index (χ3n) is 2.01. The highest BCUT2D eigenvalue weighted by Crippen LogP contribution is 2.00. The van der Waals surface area contributed by atoms with Crippen LogP contribution >= 0.6 is 0 Å². The smallest absolute Gasteiger partial charge is 0.0717 e. The second-order valence-corrected chi connectivity index (χ2v) is 4.71. The lowest BCUT2D eigenvalue weighted by atomic mass is 10.1. The number of benzene rings is 1. The maximum Gasteiger partial charge on any atom is 0.0717 e. The molecule has 1 rings (SSSR count). The minimum absolute atomic E-state index is 0.177. The topological polar surface area (TPSA) is 21.3 Å². The van der Waals surface area contributed by atoms with Crippen molar-refractivity contribution in [3.8, 4) is 0 Å². The molecule has 1 N–H and O–H groups in total. The number of hydrogen-bond donors (Lipinski definition) is 1. The summed E-state index contributed by atoms with van der Waals surface area (Å²) >= 11 is 0. The molecule has 0 aliphatic rings. The van der Waals surface area contributed by atoms with E-state index < -0.39 is 0 Å².